The first-order valence-corrected chi connectivity index (χ1v) is 17.5. The van der Waals surface area contributed by atoms with Crippen molar-refractivity contribution in [1.82, 2.24) is 0 Å². The summed E-state index contributed by atoms with van der Waals surface area (Å²) in [6.45, 7) is 14.6. The van der Waals surface area contributed by atoms with Gasteiger partial charge >= 0.3 is 0 Å². The first kappa shape index (κ1) is 16.4. The monoisotopic (exact) mass is 340 g/mol. The Hall–Kier alpha value is 0.564. The van der Waals surface area contributed by atoms with Crippen LogP contribution in [-0.2, 0) is 4.43 Å². The van der Waals surface area contributed by atoms with Crippen LogP contribution in [-0.4, -0.2) is 21.5 Å². The van der Waals surface area contributed by atoms with Gasteiger partial charge in [0.1, 0.15) is 7.74 Å². The third kappa shape index (κ3) is 3.91. The van der Waals surface area contributed by atoms with E-state index in [4.69, 9.17) is 4.43 Å². The lowest BCUT2D eigenvalue weighted by atomic mass is 9.52. The lowest BCUT2D eigenvalue weighted by Gasteiger charge is -2.55. The molecule has 0 amide bonds. The summed E-state index contributed by atoms with van der Waals surface area (Å²) in [7, 11) is -1.01. The van der Waals surface area contributed by atoms with Crippen LogP contribution in [0, 0.1) is 29.6 Å². The minimum Gasteiger partial charge on any atom is -0.385 e. The molecule has 0 aromatic rings. The van der Waals surface area contributed by atoms with Crippen molar-refractivity contribution in [2.45, 2.75) is 71.4 Å². The summed E-state index contributed by atoms with van der Waals surface area (Å²) in [6, 6.07) is 0. The zero-order chi connectivity index (χ0) is 15.4. The molecular weight excluding hydrogens is 307 g/mol. The Morgan fingerprint density at radius 3 is 1.67 bits per heavy atom. The second kappa shape index (κ2) is 5.58. The molecule has 0 aliphatic heterocycles. The van der Waals surface area contributed by atoms with Crippen molar-refractivity contribution < 1.29 is 4.43 Å². The summed E-state index contributed by atoms with van der Waals surface area (Å²) < 4.78 is 6.72. The first-order chi connectivity index (χ1) is 9.61. The van der Waals surface area contributed by atoms with Gasteiger partial charge in [-0.25, -0.2) is 0 Å². The summed E-state index contributed by atoms with van der Waals surface area (Å²) >= 11 is 0. The van der Waals surface area contributed by atoms with E-state index in [2.05, 4.69) is 39.3 Å². The van der Waals surface area contributed by atoms with Crippen molar-refractivity contribution in [2.24, 2.45) is 29.6 Å². The highest BCUT2D eigenvalue weighted by Gasteiger charge is 2.50. The normalized spacial score (nSPS) is 39.9. The Balaban J connectivity index is 1.88. The van der Waals surface area contributed by atoms with Gasteiger partial charge in [-0.15, -0.1) is 0 Å². The third-order valence-corrected chi connectivity index (χ3v) is 10.3. The van der Waals surface area contributed by atoms with E-state index in [1.54, 1.807) is 19.7 Å². The maximum Gasteiger partial charge on any atom is 0.191 e. The molecule has 0 unspecified atom stereocenters. The van der Waals surface area contributed by atoms with Crippen molar-refractivity contribution in [3.63, 3.8) is 0 Å². The van der Waals surface area contributed by atoms with Crippen LogP contribution in [0.3, 0.4) is 0 Å². The molecule has 0 atom stereocenters. The zero-order valence-electron chi connectivity index (χ0n) is 14.8. The fourth-order valence-electron chi connectivity index (χ4n) is 5.14. The van der Waals surface area contributed by atoms with Gasteiger partial charge in [0.2, 0.25) is 0 Å². The van der Waals surface area contributed by atoms with E-state index in [9.17, 15) is 0 Å². The predicted octanol–water partition coefficient (Wildman–Crippen LogP) is 5.82. The van der Waals surface area contributed by atoms with Crippen LogP contribution < -0.4 is 0 Å². The molecule has 1 nitrogen and oxygen atoms in total. The van der Waals surface area contributed by atoms with Crippen molar-refractivity contribution in [3.8, 4) is 0 Å². The van der Waals surface area contributed by atoms with E-state index in [1.807, 2.05) is 0 Å². The van der Waals surface area contributed by atoms with E-state index in [0.717, 1.165) is 29.6 Å². The maximum atomic E-state index is 6.72. The summed E-state index contributed by atoms with van der Waals surface area (Å²) in [5, 5.41) is 0. The van der Waals surface area contributed by atoms with Gasteiger partial charge in [-0.2, -0.15) is 0 Å². The van der Waals surface area contributed by atoms with Crippen molar-refractivity contribution >= 4 is 29.3 Å². The average Bonchev–Trinajstić information content (AvgIpc) is 2.21. The molecule has 0 N–H and O–H groups in total. The van der Waals surface area contributed by atoms with Gasteiger partial charge < -0.3 is 4.43 Å². The summed E-state index contributed by atoms with van der Waals surface area (Å²) in [5.41, 5.74) is 1.54. The molecule has 4 aliphatic carbocycles. The Morgan fingerprint density at radius 1 is 0.810 bits per heavy atom. The topological polar surface area (TPSA) is 9.23 Å². The highest BCUT2D eigenvalue weighted by molar-refractivity contribution is 7.81. The van der Waals surface area contributed by atoms with Crippen LogP contribution >= 0.6 is 7.75 Å². The molecule has 0 spiro atoms. The molecule has 4 fully saturated rings. The van der Waals surface area contributed by atoms with Gasteiger partial charge in [0.25, 0.3) is 0 Å². The fourth-order valence-corrected chi connectivity index (χ4v) is 11.0. The quantitative estimate of drug-likeness (QED) is 0.463. The van der Waals surface area contributed by atoms with Crippen LogP contribution in [0.1, 0.15) is 32.1 Å². The van der Waals surface area contributed by atoms with Gasteiger partial charge in [0.15, 0.2) is 8.32 Å². The maximum absolute atomic E-state index is 6.72. The first-order valence-electron chi connectivity index (χ1n) is 8.89. The SMILES string of the molecule is C[Si](C)(C)OC(=P[Si](C)(C)C)C1C2CC3CC(C2)CC1C3. The van der Waals surface area contributed by atoms with Crippen molar-refractivity contribution in [1.29, 1.82) is 0 Å². The average molecular weight is 341 g/mol. The largest absolute Gasteiger partial charge is 0.385 e. The van der Waals surface area contributed by atoms with Crippen molar-refractivity contribution in [3.05, 3.63) is 0 Å². The van der Waals surface area contributed by atoms with Gasteiger partial charge in [0.05, 0.1) is 5.48 Å². The summed E-state index contributed by atoms with van der Waals surface area (Å²) in [4.78, 5) is 0. The minimum atomic E-state index is -1.48. The van der Waals surface area contributed by atoms with Crippen LogP contribution in [0.5, 0.6) is 0 Å². The number of hydrogen-bond donors (Lipinski definition) is 0. The second-order valence-electron chi connectivity index (χ2n) is 9.79. The summed E-state index contributed by atoms with van der Waals surface area (Å²) in [6.07, 6.45) is 7.60. The molecule has 0 saturated heterocycles. The van der Waals surface area contributed by atoms with Crippen LogP contribution in [0.25, 0.3) is 0 Å². The highest BCUT2D eigenvalue weighted by Crippen LogP contribution is 2.57. The van der Waals surface area contributed by atoms with E-state index in [1.165, 1.54) is 25.7 Å². The Morgan fingerprint density at radius 2 is 1.29 bits per heavy atom. The van der Waals surface area contributed by atoms with Crippen LogP contribution in [0.15, 0.2) is 0 Å². The molecule has 4 rings (SSSR count). The minimum absolute atomic E-state index is 0.818. The van der Waals surface area contributed by atoms with Crippen LogP contribution in [0.2, 0.25) is 39.3 Å². The molecule has 4 saturated carbocycles. The van der Waals surface area contributed by atoms with Gasteiger partial charge in [-0.1, -0.05) is 27.4 Å². The predicted molar refractivity (Wildman–Crippen MR) is 100 cm³/mol. The van der Waals surface area contributed by atoms with Gasteiger partial charge in [-0.3, -0.25) is 0 Å². The summed E-state index contributed by atoms with van der Waals surface area (Å²) in [5.74, 6) is 4.90. The molecule has 0 aromatic carbocycles. The molecule has 120 valence electrons. The Bertz CT molecular complexity index is 405. The molecule has 4 aliphatic rings. The smallest absolute Gasteiger partial charge is 0.191 e. The zero-order valence-corrected chi connectivity index (χ0v) is 17.7. The standard InChI is InChI=1S/C17H33OPSi2/c1-20(2,3)18-17(19-21(4,5)6)16-14-8-12-7-13(10-14)11-15(16)9-12/h12-16H,7-11H2,1-6H3. The van der Waals surface area contributed by atoms with E-state index >= 15 is 0 Å². The van der Waals surface area contributed by atoms with Gasteiger partial charge in [-0.05, 0) is 75.4 Å². The Labute approximate surface area is 135 Å². The third-order valence-electron chi connectivity index (χ3n) is 5.37. The van der Waals surface area contributed by atoms with E-state index in [-0.39, 0.29) is 0 Å². The molecule has 4 bridgehead atoms. The fraction of sp³-hybridized carbons (Fsp3) is 0.941. The van der Waals surface area contributed by atoms with E-state index in [0.29, 0.717) is 0 Å². The molecule has 0 aromatic heterocycles. The van der Waals surface area contributed by atoms with E-state index < -0.39 is 16.1 Å². The Kier molecular flexibility index (Phi) is 4.36. The van der Waals surface area contributed by atoms with Gasteiger partial charge in [0, 0.05) is 5.92 Å². The lowest BCUT2D eigenvalue weighted by molar-refractivity contribution is -0.0121. The number of rotatable bonds is 4. The lowest BCUT2D eigenvalue weighted by Crippen LogP contribution is -2.49. The second-order valence-corrected chi connectivity index (χ2v) is 23.9. The van der Waals surface area contributed by atoms with Crippen molar-refractivity contribution in [2.75, 3.05) is 0 Å². The van der Waals surface area contributed by atoms with Crippen LogP contribution in [0.4, 0.5) is 0 Å². The molecule has 4 heteroatoms. The highest BCUT2D eigenvalue weighted by atomic mass is 31.3. The molecule has 21 heavy (non-hydrogen) atoms. The molecular formula is C17H33OPSi2. The molecule has 0 radical (unpaired) electrons. The molecule has 0 heterocycles. The number of hydrogen-bond acceptors (Lipinski definition) is 1.